The van der Waals surface area contributed by atoms with E-state index in [0.717, 1.165) is 11.3 Å². The number of nitrogens with one attached hydrogen (secondary N) is 2. The van der Waals surface area contributed by atoms with Crippen LogP contribution in [0.4, 0.5) is 10.5 Å². The number of aryl methyl sites for hydroxylation is 2. The van der Waals surface area contributed by atoms with E-state index in [1.807, 2.05) is 31.2 Å². The quantitative estimate of drug-likeness (QED) is 0.798. The second kappa shape index (κ2) is 8.43. The lowest BCUT2D eigenvalue weighted by molar-refractivity contribution is 0.0772. The van der Waals surface area contributed by atoms with Crippen molar-refractivity contribution in [2.75, 3.05) is 32.1 Å². The highest BCUT2D eigenvalue weighted by Crippen LogP contribution is 2.27. The number of urea groups is 1. The minimum Gasteiger partial charge on any atom is -0.385 e. The van der Waals surface area contributed by atoms with Crippen molar-refractivity contribution in [1.29, 1.82) is 0 Å². The Morgan fingerprint density at radius 3 is 2.86 bits per heavy atom. The van der Waals surface area contributed by atoms with Gasteiger partial charge in [0.2, 0.25) is 0 Å². The Balaban J connectivity index is 1.68. The Bertz CT molecular complexity index is 850. The molecule has 3 rings (SSSR count). The van der Waals surface area contributed by atoms with Crippen LogP contribution in [0.25, 0.3) is 0 Å². The third-order valence-electron chi connectivity index (χ3n) is 5.03. The lowest BCUT2D eigenvalue weighted by Crippen LogP contribution is -2.53. The monoisotopic (exact) mass is 385 g/mol. The number of likely N-dealkylation sites (tertiary alicyclic amines) is 1. The maximum absolute atomic E-state index is 12.7. The number of rotatable bonds is 6. The van der Waals surface area contributed by atoms with Gasteiger partial charge in [-0.1, -0.05) is 12.1 Å². The number of benzene rings is 1. The number of aromatic nitrogens is 2. The molecule has 1 fully saturated rings. The molecule has 1 aliphatic heterocycles. The number of carbonyl (C=O) groups is 2. The number of amides is 3. The SMILES string of the molecule is COCCC1(NC(=O)Nc2cccc(C)c2)CCN(C(=O)c2cnn(C)c2)C1. The molecule has 1 aliphatic rings. The van der Waals surface area contributed by atoms with Crippen LogP contribution in [0.3, 0.4) is 0 Å². The molecular weight excluding hydrogens is 358 g/mol. The van der Waals surface area contributed by atoms with E-state index in [4.69, 9.17) is 4.74 Å². The van der Waals surface area contributed by atoms with Crippen LogP contribution in [0.15, 0.2) is 36.7 Å². The molecular formula is C20H27N5O3. The number of carbonyl (C=O) groups excluding carboxylic acids is 2. The lowest BCUT2D eigenvalue weighted by Gasteiger charge is -2.30. The van der Waals surface area contributed by atoms with Crippen LogP contribution < -0.4 is 10.6 Å². The number of hydrogen-bond acceptors (Lipinski definition) is 4. The van der Waals surface area contributed by atoms with Crippen molar-refractivity contribution in [2.24, 2.45) is 7.05 Å². The average Bonchev–Trinajstić information content (AvgIpc) is 3.26. The molecule has 2 aromatic rings. The molecule has 2 N–H and O–H groups in total. The molecule has 0 saturated carbocycles. The van der Waals surface area contributed by atoms with E-state index in [1.165, 1.54) is 0 Å². The highest BCUT2D eigenvalue weighted by atomic mass is 16.5. The summed E-state index contributed by atoms with van der Waals surface area (Å²) >= 11 is 0. The maximum atomic E-state index is 12.7. The van der Waals surface area contributed by atoms with E-state index >= 15 is 0 Å². The van der Waals surface area contributed by atoms with Crippen molar-refractivity contribution in [3.8, 4) is 0 Å². The molecule has 1 aromatic carbocycles. The molecule has 1 saturated heterocycles. The minimum absolute atomic E-state index is 0.0757. The highest BCUT2D eigenvalue weighted by Gasteiger charge is 2.41. The van der Waals surface area contributed by atoms with Gasteiger partial charge in [-0.2, -0.15) is 5.10 Å². The molecule has 0 radical (unpaired) electrons. The first kappa shape index (κ1) is 19.9. The predicted octanol–water partition coefficient (Wildman–Crippen LogP) is 2.17. The number of methoxy groups -OCH3 is 1. The third kappa shape index (κ3) is 4.69. The molecule has 1 aromatic heterocycles. The number of anilines is 1. The van der Waals surface area contributed by atoms with Crippen LogP contribution in [0.2, 0.25) is 0 Å². The van der Waals surface area contributed by atoms with Crippen molar-refractivity contribution >= 4 is 17.6 Å². The molecule has 0 aliphatic carbocycles. The van der Waals surface area contributed by atoms with Crippen LogP contribution >= 0.6 is 0 Å². The highest BCUT2D eigenvalue weighted by molar-refractivity contribution is 5.94. The van der Waals surface area contributed by atoms with Gasteiger partial charge in [0.1, 0.15) is 0 Å². The van der Waals surface area contributed by atoms with Gasteiger partial charge in [-0.25, -0.2) is 4.79 Å². The number of nitrogens with zero attached hydrogens (tertiary/aromatic N) is 3. The Morgan fingerprint density at radius 2 is 2.18 bits per heavy atom. The molecule has 2 heterocycles. The maximum Gasteiger partial charge on any atom is 0.319 e. The molecule has 3 amide bonds. The number of hydrogen-bond donors (Lipinski definition) is 2. The molecule has 1 unspecified atom stereocenters. The van der Waals surface area contributed by atoms with Crippen molar-refractivity contribution in [3.63, 3.8) is 0 Å². The van der Waals surface area contributed by atoms with Crippen LogP contribution in [-0.4, -0.2) is 59.0 Å². The van der Waals surface area contributed by atoms with Gasteiger partial charge in [-0.05, 0) is 37.5 Å². The van der Waals surface area contributed by atoms with Crippen LogP contribution in [0.1, 0.15) is 28.8 Å². The molecule has 8 nitrogen and oxygen atoms in total. The van der Waals surface area contributed by atoms with Gasteiger partial charge < -0.3 is 20.3 Å². The Kier molecular flexibility index (Phi) is 5.99. The molecule has 28 heavy (non-hydrogen) atoms. The van der Waals surface area contributed by atoms with Crippen molar-refractivity contribution in [3.05, 3.63) is 47.8 Å². The summed E-state index contributed by atoms with van der Waals surface area (Å²) in [6.45, 7) is 3.48. The Labute approximate surface area is 164 Å². The fraction of sp³-hybridized carbons (Fsp3) is 0.450. The molecule has 150 valence electrons. The van der Waals surface area contributed by atoms with E-state index < -0.39 is 5.54 Å². The molecule has 0 spiro atoms. The first-order valence-electron chi connectivity index (χ1n) is 9.33. The third-order valence-corrected chi connectivity index (χ3v) is 5.03. The van der Waals surface area contributed by atoms with Crippen LogP contribution in [0, 0.1) is 6.92 Å². The van der Waals surface area contributed by atoms with Crippen molar-refractivity contribution < 1.29 is 14.3 Å². The van der Waals surface area contributed by atoms with Gasteiger partial charge in [0.15, 0.2) is 0 Å². The van der Waals surface area contributed by atoms with E-state index in [-0.39, 0.29) is 11.9 Å². The van der Waals surface area contributed by atoms with Gasteiger partial charge in [-0.15, -0.1) is 0 Å². The zero-order chi connectivity index (χ0) is 20.1. The standard InChI is InChI=1S/C20H27N5O3/c1-15-5-4-6-17(11-15)22-19(27)23-20(8-10-28-3)7-9-25(14-20)18(26)16-12-21-24(2)13-16/h4-6,11-13H,7-10,14H2,1-3H3,(H2,22,23,27). The summed E-state index contributed by atoms with van der Waals surface area (Å²) in [5.74, 6) is -0.0757. The van der Waals surface area contributed by atoms with Crippen molar-refractivity contribution in [1.82, 2.24) is 20.0 Å². The van der Waals surface area contributed by atoms with Gasteiger partial charge in [-0.3, -0.25) is 9.48 Å². The fourth-order valence-electron chi connectivity index (χ4n) is 3.55. The fourth-order valence-corrected chi connectivity index (χ4v) is 3.55. The Hall–Kier alpha value is -2.87. The topological polar surface area (TPSA) is 88.5 Å². The summed E-state index contributed by atoms with van der Waals surface area (Å²) in [6, 6.07) is 7.35. The molecule has 8 heteroatoms. The van der Waals surface area contributed by atoms with Crippen molar-refractivity contribution in [2.45, 2.75) is 25.3 Å². The predicted molar refractivity (Wildman–Crippen MR) is 106 cm³/mol. The molecule has 1 atom stereocenters. The molecule has 0 bridgehead atoms. The van der Waals surface area contributed by atoms with Gasteiger partial charge in [0.25, 0.3) is 5.91 Å². The second-order valence-electron chi connectivity index (χ2n) is 7.35. The van der Waals surface area contributed by atoms with Crippen LogP contribution in [0.5, 0.6) is 0 Å². The summed E-state index contributed by atoms with van der Waals surface area (Å²) in [5.41, 5.74) is 1.83. The summed E-state index contributed by atoms with van der Waals surface area (Å²) in [7, 11) is 3.41. The second-order valence-corrected chi connectivity index (χ2v) is 7.35. The van der Waals surface area contributed by atoms with E-state index in [1.54, 1.807) is 36.1 Å². The van der Waals surface area contributed by atoms with Crippen LogP contribution in [-0.2, 0) is 11.8 Å². The number of ether oxygens (including phenoxy) is 1. The first-order valence-corrected chi connectivity index (χ1v) is 9.33. The minimum atomic E-state index is -0.526. The zero-order valence-corrected chi connectivity index (χ0v) is 16.6. The summed E-state index contributed by atoms with van der Waals surface area (Å²) in [5, 5.41) is 10.0. The van der Waals surface area contributed by atoms with Gasteiger partial charge in [0, 0.05) is 45.7 Å². The summed E-state index contributed by atoms with van der Waals surface area (Å²) in [6.07, 6.45) is 4.57. The summed E-state index contributed by atoms with van der Waals surface area (Å²) < 4.78 is 6.85. The van der Waals surface area contributed by atoms with E-state index in [0.29, 0.717) is 38.1 Å². The lowest BCUT2D eigenvalue weighted by atomic mass is 9.94. The normalized spacial score (nSPS) is 18.9. The van der Waals surface area contributed by atoms with Gasteiger partial charge in [0.05, 0.1) is 17.3 Å². The zero-order valence-electron chi connectivity index (χ0n) is 16.6. The largest absolute Gasteiger partial charge is 0.385 e. The smallest absolute Gasteiger partial charge is 0.319 e. The van der Waals surface area contributed by atoms with Gasteiger partial charge >= 0.3 is 6.03 Å². The van der Waals surface area contributed by atoms with E-state index in [9.17, 15) is 9.59 Å². The summed E-state index contributed by atoms with van der Waals surface area (Å²) in [4.78, 5) is 27.1. The Morgan fingerprint density at radius 1 is 1.36 bits per heavy atom. The average molecular weight is 385 g/mol. The van der Waals surface area contributed by atoms with E-state index in [2.05, 4.69) is 15.7 Å². The first-order chi connectivity index (χ1) is 13.4.